The van der Waals surface area contributed by atoms with E-state index < -0.39 is 0 Å². The molecule has 0 bridgehead atoms. The normalized spacial score (nSPS) is 19.2. The van der Waals surface area contributed by atoms with E-state index in [0.29, 0.717) is 0 Å². The molecule has 0 aliphatic carbocycles. The molecule has 0 saturated heterocycles. The Balaban J connectivity index is 1.42. The summed E-state index contributed by atoms with van der Waals surface area (Å²) in [6, 6.07) is 17.6. The molecular weight excluding hydrogens is 368 g/mol. The molecule has 1 unspecified atom stereocenters. The Morgan fingerprint density at radius 2 is 1.35 bits per heavy atom. The van der Waals surface area contributed by atoms with E-state index in [4.69, 9.17) is 11.6 Å². The van der Waals surface area contributed by atoms with Crippen molar-refractivity contribution < 1.29 is 0 Å². The number of benzene rings is 2. The summed E-state index contributed by atoms with van der Waals surface area (Å²) in [4.78, 5) is 9.16. The van der Waals surface area contributed by atoms with Crippen molar-refractivity contribution in [3.05, 3.63) is 59.6 Å². The number of nitrogens with one attached hydrogen (secondary N) is 2. The number of hydrogen-bond donors (Lipinski definition) is 2. The predicted octanol–water partition coefficient (Wildman–Crippen LogP) is 5.26. The van der Waals surface area contributed by atoms with Crippen LogP contribution in [0.1, 0.15) is 0 Å². The lowest BCUT2D eigenvalue weighted by molar-refractivity contribution is 1.57. The maximum Gasteiger partial charge on any atom is 0.203 e. The van der Waals surface area contributed by atoms with Crippen molar-refractivity contribution in [2.24, 2.45) is 9.98 Å². The highest BCUT2D eigenvalue weighted by Gasteiger charge is 2.26. The van der Waals surface area contributed by atoms with Crippen LogP contribution in [0.2, 0.25) is 5.02 Å². The minimum absolute atomic E-state index is 0.0882. The molecular formula is C15H11ClN4S3. The van der Waals surface area contributed by atoms with Gasteiger partial charge >= 0.3 is 0 Å². The number of hydrogen-bond acceptors (Lipinski definition) is 6. The molecule has 116 valence electrons. The highest BCUT2D eigenvalue weighted by Crippen LogP contribution is 2.53. The van der Waals surface area contributed by atoms with Crippen LogP contribution in [0.25, 0.3) is 0 Å². The number of aliphatic imine (C=N–C) groups is 2. The molecule has 2 aromatic carbocycles. The van der Waals surface area contributed by atoms with Crippen LogP contribution in [0, 0.1) is 0 Å². The Bertz CT molecular complexity index is 832. The van der Waals surface area contributed by atoms with Gasteiger partial charge in [0.05, 0.1) is 0 Å². The smallest absolute Gasteiger partial charge is 0.203 e. The summed E-state index contributed by atoms with van der Waals surface area (Å²) >= 11 is 5.89. The number of para-hydroxylation sites is 1. The van der Waals surface area contributed by atoms with E-state index >= 15 is 0 Å². The second-order valence-electron chi connectivity index (χ2n) is 4.64. The van der Waals surface area contributed by atoms with Crippen molar-refractivity contribution in [3.8, 4) is 0 Å². The van der Waals surface area contributed by atoms with Crippen molar-refractivity contribution in [1.82, 2.24) is 0 Å². The van der Waals surface area contributed by atoms with Gasteiger partial charge in [0.25, 0.3) is 0 Å². The second-order valence-corrected chi connectivity index (χ2v) is 10.7. The molecule has 0 saturated carbocycles. The first-order chi connectivity index (χ1) is 11.3. The van der Waals surface area contributed by atoms with Crippen molar-refractivity contribution in [3.63, 3.8) is 0 Å². The minimum atomic E-state index is -0.0882. The first-order valence-electron chi connectivity index (χ1n) is 6.76. The minimum Gasteiger partial charge on any atom is -0.334 e. The van der Waals surface area contributed by atoms with Gasteiger partial charge in [0.2, 0.25) is 5.11 Å². The molecule has 2 heterocycles. The van der Waals surface area contributed by atoms with Crippen LogP contribution in [0.15, 0.2) is 64.6 Å². The van der Waals surface area contributed by atoms with Gasteiger partial charge < -0.3 is 10.6 Å². The monoisotopic (exact) mass is 378 g/mol. The molecule has 2 aromatic rings. The lowest BCUT2D eigenvalue weighted by atomic mass is 10.3. The predicted molar refractivity (Wildman–Crippen MR) is 108 cm³/mol. The van der Waals surface area contributed by atoms with Gasteiger partial charge in [-0.25, -0.2) is 0 Å². The van der Waals surface area contributed by atoms with E-state index in [2.05, 4.69) is 20.6 Å². The number of halogens is 1. The standard InChI is InChI=1S/C15H11ClN4S3/c16-10-6-8-12(9-7-10)18-14-20-15-19-13(21-23(15)22-14)17-11-4-2-1-3-5-11/h1-9H,(H,17,19)(H,18,20). The van der Waals surface area contributed by atoms with Crippen LogP contribution in [0.4, 0.5) is 11.4 Å². The summed E-state index contributed by atoms with van der Waals surface area (Å²) < 4.78 is 0. The fraction of sp³-hybridized carbons (Fsp3) is 0. The first kappa shape index (κ1) is 15.1. The van der Waals surface area contributed by atoms with Crippen LogP contribution in [0.5, 0.6) is 0 Å². The van der Waals surface area contributed by atoms with Crippen molar-refractivity contribution >= 4 is 68.6 Å². The maximum atomic E-state index is 5.89. The Labute approximate surface area is 148 Å². The van der Waals surface area contributed by atoms with E-state index in [0.717, 1.165) is 31.8 Å². The first-order valence-corrected chi connectivity index (χ1v) is 11.0. The molecule has 8 heteroatoms. The van der Waals surface area contributed by atoms with Gasteiger partial charge in [-0.1, -0.05) is 29.8 Å². The molecule has 0 spiro atoms. The van der Waals surface area contributed by atoms with Crippen LogP contribution in [0.3, 0.4) is 0 Å². The number of anilines is 2. The van der Waals surface area contributed by atoms with Gasteiger partial charge in [-0.3, -0.25) is 0 Å². The zero-order valence-corrected chi connectivity index (χ0v) is 14.9. The third kappa shape index (κ3) is 3.58. The van der Waals surface area contributed by atoms with Gasteiger partial charge in [0, 0.05) is 16.4 Å². The summed E-state index contributed by atoms with van der Waals surface area (Å²) in [5.41, 5.74) is 2.01. The molecule has 2 aliphatic heterocycles. The Hall–Kier alpha value is -1.41. The van der Waals surface area contributed by atoms with Gasteiger partial charge in [-0.05, 0) is 66.5 Å². The highest BCUT2D eigenvalue weighted by molar-refractivity contribution is 9.21. The van der Waals surface area contributed by atoms with E-state index in [1.165, 1.54) is 0 Å². The Morgan fingerprint density at radius 1 is 0.783 bits per heavy atom. The summed E-state index contributed by atoms with van der Waals surface area (Å²) in [5.74, 6) is 0. The fourth-order valence-corrected chi connectivity index (χ4v) is 7.35. The van der Waals surface area contributed by atoms with Gasteiger partial charge in [-0.2, -0.15) is 9.98 Å². The summed E-state index contributed by atoms with van der Waals surface area (Å²) in [5, 5.41) is 9.99. The molecule has 1 atom stereocenters. The number of nitrogens with zero attached hydrogens (tertiary/aromatic N) is 2. The third-order valence-corrected chi connectivity index (χ3v) is 8.69. The van der Waals surface area contributed by atoms with Gasteiger partial charge in [-0.15, -0.1) is 0 Å². The fourth-order valence-electron chi connectivity index (χ4n) is 1.94. The lowest BCUT2D eigenvalue weighted by Crippen LogP contribution is -2.08. The molecule has 2 aliphatic rings. The Morgan fingerprint density at radius 3 is 1.91 bits per heavy atom. The third-order valence-electron chi connectivity index (χ3n) is 2.97. The van der Waals surface area contributed by atoms with Crippen molar-refractivity contribution in [2.75, 3.05) is 10.6 Å². The quantitative estimate of drug-likeness (QED) is 0.553. The van der Waals surface area contributed by atoms with Crippen LogP contribution < -0.4 is 10.6 Å². The average molecular weight is 379 g/mol. The molecule has 0 aromatic heterocycles. The molecule has 4 rings (SSSR count). The van der Waals surface area contributed by atoms with Crippen LogP contribution >= 0.6 is 41.7 Å². The zero-order chi connectivity index (χ0) is 15.6. The number of rotatable bonds is 2. The molecule has 4 nitrogen and oxygen atoms in total. The van der Waals surface area contributed by atoms with Crippen LogP contribution in [-0.4, -0.2) is 15.4 Å². The molecule has 2 N–H and O–H groups in total. The van der Waals surface area contributed by atoms with E-state index in [9.17, 15) is 0 Å². The highest BCUT2D eigenvalue weighted by atomic mass is 35.5. The maximum absolute atomic E-state index is 5.89. The summed E-state index contributed by atoms with van der Waals surface area (Å²) in [6.07, 6.45) is 0. The van der Waals surface area contributed by atoms with Crippen molar-refractivity contribution in [1.29, 1.82) is 0 Å². The van der Waals surface area contributed by atoms with Gasteiger partial charge in [0.15, 0.2) is 10.3 Å². The number of amidine groups is 2. The SMILES string of the molecule is Clc1ccc(NC2=NC3=S(SC(Nc4ccccc4)=N3)S2)cc1. The summed E-state index contributed by atoms with van der Waals surface area (Å²) in [6.45, 7) is 0. The lowest BCUT2D eigenvalue weighted by Gasteiger charge is -2.08. The van der Waals surface area contributed by atoms with Crippen LogP contribution in [-0.2, 0) is 0 Å². The van der Waals surface area contributed by atoms with E-state index in [1.54, 1.807) is 21.6 Å². The topological polar surface area (TPSA) is 48.8 Å². The van der Waals surface area contributed by atoms with E-state index in [-0.39, 0.29) is 8.55 Å². The second kappa shape index (κ2) is 6.60. The van der Waals surface area contributed by atoms with Gasteiger partial charge in [0.1, 0.15) is 0 Å². The van der Waals surface area contributed by atoms with E-state index in [1.807, 2.05) is 54.6 Å². The largest absolute Gasteiger partial charge is 0.334 e. The zero-order valence-electron chi connectivity index (χ0n) is 11.7. The Kier molecular flexibility index (Phi) is 4.35. The molecule has 0 amide bonds. The van der Waals surface area contributed by atoms with Crippen molar-refractivity contribution in [2.45, 2.75) is 0 Å². The molecule has 0 fully saturated rings. The molecule has 23 heavy (non-hydrogen) atoms. The molecule has 0 radical (unpaired) electrons. The summed E-state index contributed by atoms with van der Waals surface area (Å²) in [7, 11) is 3.32. The average Bonchev–Trinajstić information content (AvgIpc) is 3.08.